The van der Waals surface area contributed by atoms with Gasteiger partial charge in [-0.1, -0.05) is 27.7 Å². The van der Waals surface area contributed by atoms with E-state index < -0.39 is 0 Å². The smallest absolute Gasteiger partial charge is 0.0934 e. The Bertz CT molecular complexity index is 289. The van der Waals surface area contributed by atoms with Crippen molar-refractivity contribution in [2.45, 2.75) is 45.8 Å². The third kappa shape index (κ3) is 2.99. The zero-order chi connectivity index (χ0) is 10.7. The van der Waals surface area contributed by atoms with Gasteiger partial charge in [0.05, 0.1) is 10.7 Å². The van der Waals surface area contributed by atoms with Gasteiger partial charge < -0.3 is 0 Å². The second-order valence-electron chi connectivity index (χ2n) is 4.33. The monoisotopic (exact) mass is 229 g/mol. The van der Waals surface area contributed by atoms with E-state index in [4.69, 9.17) is 4.98 Å². The highest BCUT2D eigenvalue weighted by Gasteiger charge is 2.13. The van der Waals surface area contributed by atoms with Gasteiger partial charge in [-0.15, -0.1) is 11.3 Å². The zero-order valence-electron chi connectivity index (χ0n) is 9.37. The molecule has 0 unspecified atom stereocenters. The number of thiol groups is 1. The topological polar surface area (TPSA) is 12.9 Å². The molecule has 1 aromatic heterocycles. The molecule has 0 atom stereocenters. The molecule has 0 aliphatic carbocycles. The fourth-order valence-corrected chi connectivity index (χ4v) is 3.07. The second kappa shape index (κ2) is 5.17. The van der Waals surface area contributed by atoms with E-state index in [1.165, 1.54) is 15.6 Å². The minimum Gasteiger partial charge on any atom is -0.246 e. The van der Waals surface area contributed by atoms with Gasteiger partial charge >= 0.3 is 0 Å². The van der Waals surface area contributed by atoms with Crippen LogP contribution in [-0.4, -0.2) is 4.98 Å². The Hall–Kier alpha value is -0.0200. The fourth-order valence-electron chi connectivity index (χ4n) is 1.41. The summed E-state index contributed by atoms with van der Waals surface area (Å²) < 4.78 is 0. The summed E-state index contributed by atoms with van der Waals surface area (Å²) in [7, 11) is 0. The maximum absolute atomic E-state index is 4.69. The van der Waals surface area contributed by atoms with Gasteiger partial charge in [-0.3, -0.25) is 0 Å². The molecule has 0 amide bonds. The van der Waals surface area contributed by atoms with E-state index in [1.807, 2.05) is 11.3 Å². The van der Waals surface area contributed by atoms with Crippen LogP contribution in [0, 0.1) is 5.92 Å². The molecule has 0 saturated heterocycles. The van der Waals surface area contributed by atoms with E-state index in [-0.39, 0.29) is 0 Å². The van der Waals surface area contributed by atoms with Crippen LogP contribution in [0.1, 0.15) is 49.2 Å². The first-order chi connectivity index (χ1) is 6.54. The number of rotatable bonds is 4. The zero-order valence-corrected chi connectivity index (χ0v) is 11.1. The molecule has 0 N–H and O–H groups in total. The lowest BCUT2D eigenvalue weighted by molar-refractivity contribution is 0.641. The van der Waals surface area contributed by atoms with Crippen LogP contribution >= 0.6 is 24.0 Å². The van der Waals surface area contributed by atoms with Crippen molar-refractivity contribution >= 4 is 24.0 Å². The van der Waals surface area contributed by atoms with Gasteiger partial charge in [-0.25, -0.2) is 4.98 Å². The van der Waals surface area contributed by atoms with Crippen LogP contribution in [0.5, 0.6) is 0 Å². The van der Waals surface area contributed by atoms with Crippen molar-refractivity contribution in [1.82, 2.24) is 4.98 Å². The number of hydrogen-bond acceptors (Lipinski definition) is 3. The third-order valence-corrected chi connectivity index (χ3v) is 3.67. The number of nitrogens with zero attached hydrogens (tertiary/aromatic N) is 1. The lowest BCUT2D eigenvalue weighted by Gasteiger charge is -2.01. The predicted molar refractivity (Wildman–Crippen MR) is 67.4 cm³/mol. The molecule has 1 rings (SSSR count). The lowest BCUT2D eigenvalue weighted by atomic mass is 10.1. The molecule has 0 aromatic carbocycles. The molecule has 0 saturated carbocycles. The molecule has 0 spiro atoms. The van der Waals surface area contributed by atoms with Crippen molar-refractivity contribution in [2.24, 2.45) is 5.92 Å². The van der Waals surface area contributed by atoms with Crippen LogP contribution in [0.25, 0.3) is 0 Å². The number of aromatic nitrogens is 1. The van der Waals surface area contributed by atoms with Gasteiger partial charge in [0.2, 0.25) is 0 Å². The van der Waals surface area contributed by atoms with Crippen molar-refractivity contribution in [1.29, 1.82) is 0 Å². The van der Waals surface area contributed by atoms with E-state index in [1.54, 1.807) is 0 Å². The number of hydrogen-bond donors (Lipinski definition) is 1. The maximum Gasteiger partial charge on any atom is 0.0934 e. The van der Waals surface area contributed by atoms with E-state index in [9.17, 15) is 0 Å². The molecule has 0 radical (unpaired) electrons. The maximum atomic E-state index is 4.69. The van der Waals surface area contributed by atoms with Crippen LogP contribution in [0.2, 0.25) is 0 Å². The third-order valence-electron chi connectivity index (χ3n) is 2.05. The molecule has 80 valence electrons. The molecule has 0 bridgehead atoms. The normalized spacial score (nSPS) is 11.6. The first kappa shape index (κ1) is 12.1. The minimum absolute atomic E-state index is 0.523. The molecule has 0 fully saturated rings. The largest absolute Gasteiger partial charge is 0.246 e. The standard InChI is InChI=1S/C11H19NS2/c1-7(2)5-10-12-11(8(3)4)9(6-13)14-10/h7-8,13H,5-6H2,1-4H3. The quantitative estimate of drug-likeness (QED) is 0.773. The van der Waals surface area contributed by atoms with E-state index in [0.29, 0.717) is 11.8 Å². The Balaban J connectivity index is 2.89. The average Bonchev–Trinajstić information content (AvgIpc) is 2.46. The SMILES string of the molecule is CC(C)Cc1nc(C(C)C)c(CS)s1. The Labute approximate surface area is 96.4 Å². The fraction of sp³-hybridized carbons (Fsp3) is 0.727. The van der Waals surface area contributed by atoms with Crippen molar-refractivity contribution in [3.05, 3.63) is 15.6 Å². The summed E-state index contributed by atoms with van der Waals surface area (Å²) >= 11 is 6.18. The van der Waals surface area contributed by atoms with Gasteiger partial charge in [0.15, 0.2) is 0 Å². The summed E-state index contributed by atoms with van der Waals surface area (Å²) in [6.07, 6.45) is 1.10. The predicted octanol–water partition coefficient (Wildman–Crippen LogP) is 3.89. The Morgan fingerprint density at radius 3 is 2.29 bits per heavy atom. The van der Waals surface area contributed by atoms with E-state index in [2.05, 4.69) is 40.3 Å². The Morgan fingerprint density at radius 1 is 1.29 bits per heavy atom. The van der Waals surface area contributed by atoms with Gasteiger partial charge in [-0.2, -0.15) is 12.6 Å². The Kier molecular flexibility index (Phi) is 4.45. The van der Waals surface area contributed by atoms with E-state index >= 15 is 0 Å². The molecule has 1 nitrogen and oxygen atoms in total. The summed E-state index contributed by atoms with van der Waals surface area (Å²) in [6, 6.07) is 0. The van der Waals surface area contributed by atoms with Crippen LogP contribution in [-0.2, 0) is 12.2 Å². The van der Waals surface area contributed by atoms with Gasteiger partial charge in [0.1, 0.15) is 0 Å². The van der Waals surface area contributed by atoms with Crippen LogP contribution in [0.4, 0.5) is 0 Å². The highest BCUT2D eigenvalue weighted by molar-refractivity contribution is 7.79. The van der Waals surface area contributed by atoms with Crippen molar-refractivity contribution in [3.63, 3.8) is 0 Å². The number of thiazole rings is 1. The molecule has 3 heteroatoms. The molecular weight excluding hydrogens is 210 g/mol. The Morgan fingerprint density at radius 2 is 1.93 bits per heavy atom. The molecule has 1 aromatic rings. The molecular formula is C11H19NS2. The highest BCUT2D eigenvalue weighted by atomic mass is 32.1. The van der Waals surface area contributed by atoms with E-state index in [0.717, 1.165) is 12.2 Å². The lowest BCUT2D eigenvalue weighted by Crippen LogP contribution is -1.95. The van der Waals surface area contributed by atoms with Crippen molar-refractivity contribution in [2.75, 3.05) is 0 Å². The summed E-state index contributed by atoms with van der Waals surface area (Å²) in [6.45, 7) is 8.86. The van der Waals surface area contributed by atoms with Crippen LogP contribution in [0.3, 0.4) is 0 Å². The van der Waals surface area contributed by atoms with Gasteiger partial charge in [-0.05, 0) is 11.8 Å². The first-order valence-corrected chi connectivity index (χ1v) is 6.58. The van der Waals surface area contributed by atoms with Crippen molar-refractivity contribution < 1.29 is 0 Å². The molecule has 14 heavy (non-hydrogen) atoms. The van der Waals surface area contributed by atoms with Gasteiger partial charge in [0.25, 0.3) is 0 Å². The van der Waals surface area contributed by atoms with Gasteiger partial charge in [0, 0.05) is 17.1 Å². The first-order valence-electron chi connectivity index (χ1n) is 5.14. The average molecular weight is 229 g/mol. The molecule has 0 aliphatic rings. The highest BCUT2D eigenvalue weighted by Crippen LogP contribution is 2.27. The molecule has 0 aliphatic heterocycles. The summed E-state index contributed by atoms with van der Waals surface area (Å²) in [5.74, 6) is 2.03. The van der Waals surface area contributed by atoms with Crippen molar-refractivity contribution in [3.8, 4) is 0 Å². The minimum atomic E-state index is 0.523. The summed E-state index contributed by atoms with van der Waals surface area (Å²) in [5, 5.41) is 1.27. The molecule has 1 heterocycles. The second-order valence-corrected chi connectivity index (χ2v) is 5.81. The van der Waals surface area contributed by atoms with Crippen LogP contribution < -0.4 is 0 Å². The summed E-state index contributed by atoms with van der Waals surface area (Å²) in [4.78, 5) is 6.04. The summed E-state index contributed by atoms with van der Waals surface area (Å²) in [5.41, 5.74) is 1.25. The van der Waals surface area contributed by atoms with Crippen LogP contribution in [0.15, 0.2) is 0 Å².